The van der Waals surface area contributed by atoms with Gasteiger partial charge in [-0.05, 0) is 43.0 Å². The number of urea groups is 1. The zero-order valence-corrected chi connectivity index (χ0v) is 16.5. The minimum absolute atomic E-state index is 0.00454. The lowest BCUT2D eigenvalue weighted by Crippen LogP contribution is -2.32. The summed E-state index contributed by atoms with van der Waals surface area (Å²) in [5.74, 6) is 0.566. The maximum absolute atomic E-state index is 12.5. The van der Waals surface area contributed by atoms with Crippen molar-refractivity contribution in [2.45, 2.75) is 26.3 Å². The zero-order valence-electron chi connectivity index (χ0n) is 16.5. The Kier molecular flexibility index (Phi) is 6.53. The molecule has 1 saturated heterocycles. The van der Waals surface area contributed by atoms with Crippen LogP contribution in [0.1, 0.15) is 24.0 Å². The van der Waals surface area contributed by atoms with E-state index in [1.807, 2.05) is 36.1 Å². The number of carbonyl (C=O) groups excluding carboxylic acids is 2. The van der Waals surface area contributed by atoms with Gasteiger partial charge >= 0.3 is 6.03 Å². The standard InChI is InChI=1S/C22H27N3O3/c1-17-8-3-4-9-18(17)15-24(2)22(27)23-19-10-7-11-20(14-19)28-16-21(26)25-12-5-6-13-25/h3-4,7-11,14H,5-6,12-13,15-16H2,1-2H3,(H,23,27). The van der Waals surface area contributed by atoms with Gasteiger partial charge in [0.25, 0.3) is 5.91 Å². The number of aryl methyl sites for hydroxylation is 1. The second kappa shape index (κ2) is 9.26. The highest BCUT2D eigenvalue weighted by Crippen LogP contribution is 2.19. The number of ether oxygens (including phenoxy) is 1. The van der Waals surface area contributed by atoms with E-state index in [4.69, 9.17) is 4.74 Å². The summed E-state index contributed by atoms with van der Waals surface area (Å²) in [6.07, 6.45) is 2.12. The molecule has 6 heteroatoms. The van der Waals surface area contributed by atoms with Gasteiger partial charge in [0, 0.05) is 38.4 Å². The molecule has 1 N–H and O–H groups in total. The van der Waals surface area contributed by atoms with Crippen LogP contribution in [-0.4, -0.2) is 48.5 Å². The van der Waals surface area contributed by atoms with Crippen LogP contribution in [0.15, 0.2) is 48.5 Å². The quantitative estimate of drug-likeness (QED) is 0.831. The first kappa shape index (κ1) is 19.7. The van der Waals surface area contributed by atoms with Crippen molar-refractivity contribution in [3.8, 4) is 5.75 Å². The average molecular weight is 381 g/mol. The summed E-state index contributed by atoms with van der Waals surface area (Å²) in [5, 5.41) is 2.88. The smallest absolute Gasteiger partial charge is 0.321 e. The highest BCUT2D eigenvalue weighted by molar-refractivity contribution is 5.89. The minimum Gasteiger partial charge on any atom is -0.484 e. The normalized spacial score (nSPS) is 13.3. The SMILES string of the molecule is Cc1ccccc1CN(C)C(=O)Nc1cccc(OCC(=O)N2CCCC2)c1. The molecule has 0 radical (unpaired) electrons. The molecule has 1 fully saturated rings. The lowest BCUT2D eigenvalue weighted by molar-refractivity contribution is -0.132. The van der Waals surface area contributed by atoms with Gasteiger partial charge in [-0.1, -0.05) is 30.3 Å². The van der Waals surface area contributed by atoms with Crippen LogP contribution in [0.5, 0.6) is 5.75 Å². The van der Waals surface area contributed by atoms with Crippen molar-refractivity contribution in [3.63, 3.8) is 0 Å². The molecular weight excluding hydrogens is 354 g/mol. The monoisotopic (exact) mass is 381 g/mol. The first-order chi connectivity index (χ1) is 13.5. The molecule has 0 aliphatic carbocycles. The third kappa shape index (κ3) is 5.25. The highest BCUT2D eigenvalue weighted by atomic mass is 16.5. The molecule has 0 spiro atoms. The topological polar surface area (TPSA) is 61.9 Å². The first-order valence-electron chi connectivity index (χ1n) is 9.60. The number of benzene rings is 2. The molecular formula is C22H27N3O3. The Balaban J connectivity index is 1.53. The number of carbonyl (C=O) groups is 2. The van der Waals surface area contributed by atoms with Crippen LogP contribution in [0.3, 0.4) is 0 Å². The zero-order chi connectivity index (χ0) is 19.9. The molecule has 0 unspecified atom stereocenters. The Labute approximate surface area is 166 Å². The molecule has 6 nitrogen and oxygen atoms in total. The van der Waals surface area contributed by atoms with Crippen molar-refractivity contribution >= 4 is 17.6 Å². The van der Waals surface area contributed by atoms with Crippen LogP contribution in [0.4, 0.5) is 10.5 Å². The highest BCUT2D eigenvalue weighted by Gasteiger charge is 2.18. The van der Waals surface area contributed by atoms with E-state index in [0.29, 0.717) is 18.0 Å². The number of nitrogens with zero attached hydrogens (tertiary/aromatic N) is 2. The Morgan fingerprint density at radius 3 is 2.61 bits per heavy atom. The molecule has 0 bridgehead atoms. The Morgan fingerprint density at radius 1 is 1.11 bits per heavy atom. The third-order valence-electron chi connectivity index (χ3n) is 4.92. The molecule has 0 atom stereocenters. The number of hydrogen-bond acceptors (Lipinski definition) is 3. The molecule has 28 heavy (non-hydrogen) atoms. The predicted molar refractivity (Wildman–Crippen MR) is 109 cm³/mol. The van der Waals surface area contributed by atoms with Gasteiger partial charge in [0.2, 0.25) is 0 Å². The van der Waals surface area contributed by atoms with Crippen LogP contribution in [0, 0.1) is 6.92 Å². The van der Waals surface area contributed by atoms with Gasteiger partial charge in [-0.15, -0.1) is 0 Å². The molecule has 0 aromatic heterocycles. The number of anilines is 1. The lowest BCUT2D eigenvalue weighted by Gasteiger charge is -2.19. The Morgan fingerprint density at radius 2 is 1.86 bits per heavy atom. The van der Waals surface area contributed by atoms with Gasteiger partial charge in [0.05, 0.1) is 0 Å². The van der Waals surface area contributed by atoms with Crippen molar-refractivity contribution in [1.82, 2.24) is 9.80 Å². The van der Waals surface area contributed by atoms with Crippen LogP contribution in [0.2, 0.25) is 0 Å². The van der Waals surface area contributed by atoms with E-state index in [0.717, 1.165) is 37.1 Å². The van der Waals surface area contributed by atoms with Gasteiger partial charge in [-0.2, -0.15) is 0 Å². The van der Waals surface area contributed by atoms with Crippen molar-refractivity contribution in [1.29, 1.82) is 0 Å². The van der Waals surface area contributed by atoms with Crippen LogP contribution in [0.25, 0.3) is 0 Å². The molecule has 1 aliphatic heterocycles. The molecule has 3 amide bonds. The lowest BCUT2D eigenvalue weighted by atomic mass is 10.1. The molecule has 3 rings (SSSR count). The second-order valence-electron chi connectivity index (χ2n) is 7.12. The summed E-state index contributed by atoms with van der Waals surface area (Å²) in [5.41, 5.74) is 2.89. The van der Waals surface area contributed by atoms with Crippen molar-refractivity contribution in [2.75, 3.05) is 32.1 Å². The molecule has 2 aromatic rings. The van der Waals surface area contributed by atoms with Gasteiger partial charge in [-0.3, -0.25) is 4.79 Å². The van der Waals surface area contributed by atoms with Crippen LogP contribution in [-0.2, 0) is 11.3 Å². The average Bonchev–Trinajstić information content (AvgIpc) is 3.23. The predicted octanol–water partition coefficient (Wildman–Crippen LogP) is 3.66. The molecule has 148 valence electrons. The summed E-state index contributed by atoms with van der Waals surface area (Å²) in [4.78, 5) is 28.0. The summed E-state index contributed by atoms with van der Waals surface area (Å²) >= 11 is 0. The molecule has 1 heterocycles. The summed E-state index contributed by atoms with van der Waals surface area (Å²) < 4.78 is 5.62. The summed E-state index contributed by atoms with van der Waals surface area (Å²) in [7, 11) is 1.76. The fourth-order valence-electron chi connectivity index (χ4n) is 3.20. The largest absolute Gasteiger partial charge is 0.484 e. The van der Waals surface area contributed by atoms with Crippen LogP contribution >= 0.6 is 0 Å². The van der Waals surface area contributed by atoms with Gasteiger partial charge < -0.3 is 19.9 Å². The van der Waals surface area contributed by atoms with Crippen molar-refractivity contribution < 1.29 is 14.3 Å². The second-order valence-corrected chi connectivity index (χ2v) is 7.12. The van der Waals surface area contributed by atoms with E-state index < -0.39 is 0 Å². The molecule has 0 saturated carbocycles. The summed E-state index contributed by atoms with van der Waals surface area (Å²) in [6, 6.07) is 14.9. The van der Waals surface area contributed by atoms with Gasteiger partial charge in [0.1, 0.15) is 5.75 Å². The number of likely N-dealkylation sites (tertiary alicyclic amines) is 1. The first-order valence-corrected chi connectivity index (χ1v) is 9.60. The Hall–Kier alpha value is -3.02. The maximum Gasteiger partial charge on any atom is 0.321 e. The van der Waals surface area contributed by atoms with Gasteiger partial charge in [-0.25, -0.2) is 4.79 Å². The number of amides is 3. The van der Waals surface area contributed by atoms with Crippen molar-refractivity contribution in [2.24, 2.45) is 0 Å². The number of nitrogens with one attached hydrogen (secondary N) is 1. The minimum atomic E-state index is -0.200. The van der Waals surface area contributed by atoms with E-state index >= 15 is 0 Å². The third-order valence-corrected chi connectivity index (χ3v) is 4.92. The maximum atomic E-state index is 12.5. The summed E-state index contributed by atoms with van der Waals surface area (Å²) in [6.45, 7) is 4.20. The van der Waals surface area contributed by atoms with Crippen LogP contribution < -0.4 is 10.1 Å². The van der Waals surface area contributed by atoms with Gasteiger partial charge in [0.15, 0.2) is 6.61 Å². The molecule has 1 aliphatic rings. The fourth-order valence-corrected chi connectivity index (χ4v) is 3.20. The fraction of sp³-hybridized carbons (Fsp3) is 0.364. The van der Waals surface area contributed by atoms with Crippen molar-refractivity contribution in [3.05, 3.63) is 59.7 Å². The van der Waals surface area contributed by atoms with E-state index in [2.05, 4.69) is 5.32 Å². The molecule has 2 aromatic carbocycles. The van der Waals surface area contributed by atoms with E-state index in [9.17, 15) is 9.59 Å². The number of rotatable bonds is 6. The van der Waals surface area contributed by atoms with E-state index in [1.165, 1.54) is 0 Å². The Bertz CT molecular complexity index is 831. The number of hydrogen-bond donors (Lipinski definition) is 1. The van der Waals surface area contributed by atoms with E-state index in [-0.39, 0.29) is 18.5 Å². The van der Waals surface area contributed by atoms with E-state index in [1.54, 1.807) is 36.2 Å².